The van der Waals surface area contributed by atoms with Gasteiger partial charge in [0, 0.05) is 26.2 Å². The number of hydrogen-bond donors (Lipinski definition) is 0. The fourth-order valence-corrected chi connectivity index (χ4v) is 4.27. The molecule has 1 fully saturated rings. The summed E-state index contributed by atoms with van der Waals surface area (Å²) in [6, 6.07) is 19.7. The zero-order valence-electron chi connectivity index (χ0n) is 19.4. The van der Waals surface area contributed by atoms with Crippen molar-refractivity contribution in [3.8, 4) is 17.2 Å². The molecule has 0 atom stereocenters. The van der Waals surface area contributed by atoms with E-state index in [1.54, 1.807) is 29.2 Å². The van der Waals surface area contributed by atoms with Crippen LogP contribution in [0.1, 0.15) is 17.5 Å². The molecule has 9 heteroatoms. The molecule has 3 aromatic carbocycles. The number of amidine groups is 1. The minimum atomic E-state index is -4.48. The van der Waals surface area contributed by atoms with Crippen molar-refractivity contribution in [2.45, 2.75) is 12.6 Å². The second kappa shape index (κ2) is 9.93. The number of carbonyl (C=O) groups is 1. The van der Waals surface area contributed by atoms with Gasteiger partial charge in [-0.2, -0.15) is 13.2 Å². The molecule has 1 amide bonds. The molecule has 0 unspecified atom stereocenters. The normalized spacial score (nSPS) is 15.6. The lowest BCUT2D eigenvalue weighted by atomic mass is 10.1. The van der Waals surface area contributed by atoms with Crippen LogP contribution >= 0.6 is 0 Å². The average Bonchev–Trinajstić information content (AvgIpc) is 3.22. The third-order valence-corrected chi connectivity index (χ3v) is 6.12. The molecule has 3 aromatic rings. The Morgan fingerprint density at radius 1 is 0.917 bits per heavy atom. The molecule has 0 saturated carbocycles. The van der Waals surface area contributed by atoms with E-state index < -0.39 is 11.7 Å². The van der Waals surface area contributed by atoms with Crippen LogP contribution in [0.15, 0.2) is 77.8 Å². The molecule has 1 saturated heterocycles. The number of hydrogen-bond acceptors (Lipinski definition) is 5. The third-order valence-electron chi connectivity index (χ3n) is 6.12. The highest BCUT2D eigenvalue weighted by molar-refractivity contribution is 6.03. The molecular weight excluding hydrogens is 471 g/mol. The van der Waals surface area contributed by atoms with E-state index in [1.807, 2.05) is 30.3 Å². The SMILES string of the molecule is O=C(COc1ccccc1)N1CCCN(C2=Nc3ccc(C(F)(F)F)cc3Oc3ccccc32)CC1. The molecule has 0 N–H and O–H groups in total. The van der Waals surface area contributed by atoms with Gasteiger partial charge in [-0.05, 0) is 48.9 Å². The minimum absolute atomic E-state index is 0.0451. The van der Waals surface area contributed by atoms with Crippen LogP contribution in [0.25, 0.3) is 0 Å². The van der Waals surface area contributed by atoms with Crippen molar-refractivity contribution in [2.24, 2.45) is 4.99 Å². The number of para-hydroxylation sites is 2. The monoisotopic (exact) mass is 495 g/mol. The van der Waals surface area contributed by atoms with Gasteiger partial charge in [-0.25, -0.2) is 4.99 Å². The van der Waals surface area contributed by atoms with Crippen molar-refractivity contribution in [1.82, 2.24) is 9.80 Å². The van der Waals surface area contributed by atoms with Crippen LogP contribution in [0, 0.1) is 0 Å². The van der Waals surface area contributed by atoms with Gasteiger partial charge < -0.3 is 19.3 Å². The largest absolute Gasteiger partial charge is 0.484 e. The number of fused-ring (bicyclic) bond motifs is 2. The van der Waals surface area contributed by atoms with E-state index in [-0.39, 0.29) is 18.3 Å². The molecule has 6 nitrogen and oxygen atoms in total. The molecule has 2 aliphatic heterocycles. The van der Waals surface area contributed by atoms with Crippen LogP contribution in [0.3, 0.4) is 0 Å². The first-order chi connectivity index (χ1) is 17.4. The molecule has 2 aliphatic rings. The van der Waals surface area contributed by atoms with Crippen LogP contribution < -0.4 is 9.47 Å². The molecule has 186 valence electrons. The maximum absolute atomic E-state index is 13.3. The second-order valence-corrected chi connectivity index (χ2v) is 8.54. The van der Waals surface area contributed by atoms with E-state index in [0.717, 1.165) is 12.1 Å². The Morgan fingerprint density at radius 3 is 2.50 bits per heavy atom. The average molecular weight is 496 g/mol. The fraction of sp³-hybridized carbons (Fsp3) is 0.259. The van der Waals surface area contributed by atoms with Crippen molar-refractivity contribution >= 4 is 17.4 Å². The number of carbonyl (C=O) groups excluding carboxylic acids is 1. The quantitative estimate of drug-likeness (QED) is 0.481. The van der Waals surface area contributed by atoms with Gasteiger partial charge in [0.05, 0.1) is 11.1 Å². The van der Waals surface area contributed by atoms with Crippen LogP contribution in [0.5, 0.6) is 17.2 Å². The first-order valence-electron chi connectivity index (χ1n) is 11.7. The van der Waals surface area contributed by atoms with Gasteiger partial charge >= 0.3 is 6.18 Å². The fourth-order valence-electron chi connectivity index (χ4n) is 4.27. The Balaban J connectivity index is 1.36. The molecule has 2 heterocycles. The van der Waals surface area contributed by atoms with E-state index in [0.29, 0.717) is 61.2 Å². The molecule has 36 heavy (non-hydrogen) atoms. The summed E-state index contributed by atoms with van der Waals surface area (Å²) in [6.45, 7) is 2.15. The van der Waals surface area contributed by atoms with Gasteiger partial charge in [0.25, 0.3) is 5.91 Å². The van der Waals surface area contributed by atoms with Crippen molar-refractivity contribution in [2.75, 3.05) is 32.8 Å². The molecule has 0 radical (unpaired) electrons. The van der Waals surface area contributed by atoms with E-state index in [9.17, 15) is 18.0 Å². The summed E-state index contributed by atoms with van der Waals surface area (Å²) in [7, 11) is 0. The summed E-state index contributed by atoms with van der Waals surface area (Å²) >= 11 is 0. The first kappa shape index (κ1) is 23.7. The van der Waals surface area contributed by atoms with Gasteiger partial charge in [0.2, 0.25) is 0 Å². The van der Waals surface area contributed by atoms with E-state index in [1.165, 1.54) is 6.07 Å². The van der Waals surface area contributed by atoms with Gasteiger partial charge in [0.15, 0.2) is 12.4 Å². The van der Waals surface area contributed by atoms with Gasteiger partial charge in [-0.3, -0.25) is 4.79 Å². The van der Waals surface area contributed by atoms with Crippen molar-refractivity contribution in [3.63, 3.8) is 0 Å². The van der Waals surface area contributed by atoms with Crippen molar-refractivity contribution in [3.05, 3.63) is 83.9 Å². The highest BCUT2D eigenvalue weighted by atomic mass is 19.4. The van der Waals surface area contributed by atoms with Gasteiger partial charge in [-0.15, -0.1) is 0 Å². The van der Waals surface area contributed by atoms with Crippen LogP contribution in [0.2, 0.25) is 0 Å². The zero-order chi connectivity index (χ0) is 25.1. The van der Waals surface area contributed by atoms with Crippen LogP contribution in [-0.4, -0.2) is 54.3 Å². The predicted octanol–water partition coefficient (Wildman–Crippen LogP) is 5.50. The number of benzene rings is 3. The maximum atomic E-state index is 13.3. The Labute approximate surface area is 206 Å². The van der Waals surface area contributed by atoms with Crippen molar-refractivity contribution < 1.29 is 27.4 Å². The summed E-state index contributed by atoms with van der Waals surface area (Å²) < 4.78 is 51.4. The molecule has 0 bridgehead atoms. The number of amides is 1. The number of ether oxygens (including phenoxy) is 2. The predicted molar refractivity (Wildman–Crippen MR) is 129 cm³/mol. The molecule has 0 aliphatic carbocycles. The van der Waals surface area contributed by atoms with E-state index in [4.69, 9.17) is 14.5 Å². The smallest absolute Gasteiger partial charge is 0.416 e. The summed E-state index contributed by atoms with van der Waals surface area (Å²) in [5, 5.41) is 0. The maximum Gasteiger partial charge on any atom is 0.416 e. The topological polar surface area (TPSA) is 54.4 Å². The van der Waals surface area contributed by atoms with Gasteiger partial charge in [0.1, 0.15) is 23.0 Å². The third kappa shape index (κ3) is 5.15. The standard InChI is InChI=1S/C27H24F3N3O3/c28-27(29,30)19-11-12-22-24(17-19)36-23-10-5-4-9-21(23)26(31-22)33-14-6-13-32(15-16-33)25(34)18-35-20-7-2-1-3-8-20/h1-5,7-12,17H,6,13-16,18H2. The summed E-state index contributed by atoms with van der Waals surface area (Å²) in [5.74, 6) is 1.63. The van der Waals surface area contributed by atoms with Crippen LogP contribution in [-0.2, 0) is 11.0 Å². The molecule has 5 rings (SSSR count). The number of nitrogens with zero attached hydrogens (tertiary/aromatic N) is 3. The zero-order valence-corrected chi connectivity index (χ0v) is 19.4. The number of aliphatic imine (C=N–C) groups is 1. The summed E-state index contributed by atoms with van der Waals surface area (Å²) in [5.41, 5.74) is 0.219. The lowest BCUT2D eigenvalue weighted by molar-refractivity contribution is -0.137. The van der Waals surface area contributed by atoms with Crippen molar-refractivity contribution in [1.29, 1.82) is 0 Å². The number of alkyl halides is 3. The first-order valence-corrected chi connectivity index (χ1v) is 11.7. The Morgan fingerprint density at radius 2 is 1.69 bits per heavy atom. The van der Waals surface area contributed by atoms with Crippen LogP contribution in [0.4, 0.5) is 18.9 Å². The van der Waals surface area contributed by atoms with E-state index in [2.05, 4.69) is 4.90 Å². The molecule has 0 spiro atoms. The highest BCUT2D eigenvalue weighted by Gasteiger charge is 2.32. The van der Waals surface area contributed by atoms with Gasteiger partial charge in [-0.1, -0.05) is 30.3 Å². The summed E-state index contributed by atoms with van der Waals surface area (Å²) in [4.78, 5) is 21.3. The second-order valence-electron chi connectivity index (χ2n) is 8.54. The Kier molecular flexibility index (Phi) is 6.54. The number of rotatable bonds is 3. The number of halogens is 3. The molecule has 0 aromatic heterocycles. The minimum Gasteiger partial charge on any atom is -0.484 e. The Hall–Kier alpha value is -4.01. The van der Waals surface area contributed by atoms with E-state index >= 15 is 0 Å². The lowest BCUT2D eigenvalue weighted by Crippen LogP contribution is -2.39. The molecular formula is C27H24F3N3O3. The summed E-state index contributed by atoms with van der Waals surface area (Å²) in [6.07, 6.45) is -3.78. The highest BCUT2D eigenvalue weighted by Crippen LogP contribution is 2.41. The Bertz CT molecular complexity index is 1280. The lowest BCUT2D eigenvalue weighted by Gasteiger charge is -2.25.